The smallest absolute Gasteiger partial charge is 0.253 e. The van der Waals surface area contributed by atoms with Gasteiger partial charge in [0.25, 0.3) is 5.91 Å². The number of nitrogens with zero attached hydrogens (tertiary/aromatic N) is 1. The monoisotopic (exact) mass is 262 g/mol. The molecule has 1 aromatic carbocycles. The van der Waals surface area contributed by atoms with E-state index in [1.807, 2.05) is 4.90 Å². The molecule has 1 amide bonds. The molecule has 0 saturated carbocycles. The summed E-state index contributed by atoms with van der Waals surface area (Å²) in [5, 5.41) is 3.38. The van der Waals surface area contributed by atoms with Gasteiger partial charge in [-0.25, -0.2) is 4.39 Å². The van der Waals surface area contributed by atoms with E-state index in [0.29, 0.717) is 11.1 Å². The molecule has 19 heavy (non-hydrogen) atoms. The van der Waals surface area contributed by atoms with Crippen molar-refractivity contribution in [2.24, 2.45) is 5.41 Å². The van der Waals surface area contributed by atoms with Crippen LogP contribution < -0.4 is 5.32 Å². The topological polar surface area (TPSA) is 32.3 Å². The molecule has 1 aromatic rings. The van der Waals surface area contributed by atoms with Gasteiger partial charge in [-0.2, -0.15) is 0 Å². The zero-order chi connectivity index (χ0) is 13.5. The Kier molecular flexibility index (Phi) is 3.05. The maximum absolute atomic E-state index is 13.2. The summed E-state index contributed by atoms with van der Waals surface area (Å²) in [4.78, 5) is 14.3. The summed E-state index contributed by atoms with van der Waals surface area (Å²) >= 11 is 0. The van der Waals surface area contributed by atoms with E-state index >= 15 is 0 Å². The van der Waals surface area contributed by atoms with Gasteiger partial charge in [-0.3, -0.25) is 4.79 Å². The second kappa shape index (κ2) is 4.60. The third-order valence-electron chi connectivity index (χ3n) is 4.46. The van der Waals surface area contributed by atoms with Crippen molar-refractivity contribution in [3.63, 3.8) is 0 Å². The van der Waals surface area contributed by atoms with Gasteiger partial charge in [0.2, 0.25) is 0 Å². The number of nitrogens with one attached hydrogen (secondary N) is 1. The highest BCUT2D eigenvalue weighted by atomic mass is 19.1. The van der Waals surface area contributed by atoms with Crippen molar-refractivity contribution in [2.45, 2.75) is 19.8 Å². The molecule has 0 aliphatic carbocycles. The van der Waals surface area contributed by atoms with Gasteiger partial charge in [0.15, 0.2) is 0 Å². The molecule has 1 spiro atoms. The van der Waals surface area contributed by atoms with Gasteiger partial charge in [-0.15, -0.1) is 0 Å². The normalized spacial score (nSPS) is 26.3. The first-order valence-electron chi connectivity index (χ1n) is 6.86. The van der Waals surface area contributed by atoms with Crippen molar-refractivity contribution >= 4 is 5.91 Å². The lowest BCUT2D eigenvalue weighted by Crippen LogP contribution is -2.33. The van der Waals surface area contributed by atoms with E-state index in [2.05, 4.69) is 5.32 Å². The minimum atomic E-state index is -0.255. The molecular weight excluding hydrogens is 243 g/mol. The molecule has 3 nitrogen and oxygen atoms in total. The number of carbonyl (C=O) groups is 1. The third-order valence-corrected chi connectivity index (χ3v) is 4.46. The summed E-state index contributed by atoms with van der Waals surface area (Å²) in [6.45, 7) is 5.40. The van der Waals surface area contributed by atoms with E-state index in [9.17, 15) is 9.18 Å². The molecule has 2 aliphatic rings. The Morgan fingerprint density at radius 3 is 2.95 bits per heavy atom. The third kappa shape index (κ3) is 2.25. The maximum Gasteiger partial charge on any atom is 0.253 e. The van der Waals surface area contributed by atoms with Crippen LogP contribution in [0, 0.1) is 18.2 Å². The lowest BCUT2D eigenvalue weighted by molar-refractivity contribution is 0.0775. The number of benzene rings is 1. The lowest BCUT2D eigenvalue weighted by Gasteiger charge is -2.22. The van der Waals surface area contributed by atoms with Gasteiger partial charge in [0.1, 0.15) is 5.82 Å². The molecule has 2 aliphatic heterocycles. The molecular formula is C15H19FN2O. The number of hydrogen-bond acceptors (Lipinski definition) is 2. The molecule has 102 valence electrons. The molecule has 0 radical (unpaired) electrons. The van der Waals surface area contributed by atoms with Gasteiger partial charge >= 0.3 is 0 Å². The summed E-state index contributed by atoms with van der Waals surface area (Å²) in [7, 11) is 0. The Hall–Kier alpha value is -1.42. The van der Waals surface area contributed by atoms with Crippen LogP contribution in [0.1, 0.15) is 28.8 Å². The fourth-order valence-electron chi connectivity index (χ4n) is 3.21. The molecule has 0 aromatic heterocycles. The van der Waals surface area contributed by atoms with E-state index < -0.39 is 0 Å². The first-order valence-corrected chi connectivity index (χ1v) is 6.86. The number of carbonyl (C=O) groups excluding carboxylic acids is 1. The van der Waals surface area contributed by atoms with Crippen LogP contribution in [0.5, 0.6) is 0 Å². The number of rotatable bonds is 1. The standard InChI is InChI=1S/C15H19FN2O/c1-11-8-12(2-3-13(11)16)14(19)18-7-5-15(10-18)4-6-17-9-15/h2-3,8,17H,4-7,9-10H2,1H3. The van der Waals surface area contributed by atoms with Crippen molar-refractivity contribution in [2.75, 3.05) is 26.2 Å². The van der Waals surface area contributed by atoms with Crippen LogP contribution in [0.15, 0.2) is 18.2 Å². The van der Waals surface area contributed by atoms with Crippen LogP contribution >= 0.6 is 0 Å². The molecule has 2 heterocycles. The van der Waals surface area contributed by atoms with Gasteiger partial charge in [-0.1, -0.05) is 0 Å². The highest BCUT2D eigenvalue weighted by Crippen LogP contribution is 2.36. The molecule has 4 heteroatoms. The summed E-state index contributed by atoms with van der Waals surface area (Å²) in [5.41, 5.74) is 1.41. The van der Waals surface area contributed by atoms with Crippen LogP contribution in [-0.2, 0) is 0 Å². The Bertz CT molecular complexity index is 509. The first kappa shape index (κ1) is 12.6. The van der Waals surface area contributed by atoms with Crippen LogP contribution in [-0.4, -0.2) is 37.0 Å². The minimum absolute atomic E-state index is 0.0341. The largest absolute Gasteiger partial charge is 0.338 e. The molecule has 1 N–H and O–H groups in total. The van der Waals surface area contributed by atoms with E-state index in [4.69, 9.17) is 0 Å². The first-order chi connectivity index (χ1) is 9.10. The highest BCUT2D eigenvalue weighted by molar-refractivity contribution is 5.94. The van der Waals surface area contributed by atoms with E-state index in [-0.39, 0.29) is 17.1 Å². The van der Waals surface area contributed by atoms with Crippen LogP contribution in [0.3, 0.4) is 0 Å². The van der Waals surface area contributed by atoms with Crippen molar-refractivity contribution in [1.29, 1.82) is 0 Å². The Morgan fingerprint density at radius 1 is 1.42 bits per heavy atom. The Balaban J connectivity index is 1.76. The molecule has 0 bridgehead atoms. The second-order valence-electron chi connectivity index (χ2n) is 5.87. The van der Waals surface area contributed by atoms with E-state index in [1.54, 1.807) is 19.1 Å². The summed E-state index contributed by atoms with van der Waals surface area (Å²) in [5.74, 6) is -0.221. The zero-order valence-corrected chi connectivity index (χ0v) is 11.2. The molecule has 2 fully saturated rings. The minimum Gasteiger partial charge on any atom is -0.338 e. The van der Waals surface area contributed by atoms with Crippen molar-refractivity contribution in [3.8, 4) is 0 Å². The van der Waals surface area contributed by atoms with Crippen molar-refractivity contribution in [3.05, 3.63) is 35.1 Å². The lowest BCUT2D eigenvalue weighted by atomic mass is 9.86. The number of halogens is 1. The van der Waals surface area contributed by atoms with E-state index in [1.165, 1.54) is 6.07 Å². The number of amides is 1. The molecule has 2 saturated heterocycles. The van der Waals surface area contributed by atoms with Crippen LogP contribution in [0.4, 0.5) is 4.39 Å². The summed E-state index contributed by atoms with van der Waals surface area (Å²) in [6.07, 6.45) is 2.23. The number of hydrogen-bond donors (Lipinski definition) is 1. The average Bonchev–Trinajstić information content (AvgIpc) is 3.03. The van der Waals surface area contributed by atoms with Gasteiger partial charge in [0, 0.05) is 30.6 Å². The maximum atomic E-state index is 13.2. The van der Waals surface area contributed by atoms with Crippen LogP contribution in [0.25, 0.3) is 0 Å². The zero-order valence-electron chi connectivity index (χ0n) is 11.2. The summed E-state index contributed by atoms with van der Waals surface area (Å²) in [6, 6.07) is 4.61. The molecule has 1 unspecified atom stereocenters. The van der Waals surface area contributed by atoms with Crippen molar-refractivity contribution < 1.29 is 9.18 Å². The predicted molar refractivity (Wildman–Crippen MR) is 71.6 cm³/mol. The number of likely N-dealkylation sites (tertiary alicyclic amines) is 1. The second-order valence-corrected chi connectivity index (χ2v) is 5.87. The quantitative estimate of drug-likeness (QED) is 0.839. The Morgan fingerprint density at radius 2 is 2.26 bits per heavy atom. The average molecular weight is 262 g/mol. The molecule has 3 rings (SSSR count). The van der Waals surface area contributed by atoms with E-state index in [0.717, 1.165) is 39.0 Å². The van der Waals surface area contributed by atoms with Crippen LogP contribution in [0.2, 0.25) is 0 Å². The van der Waals surface area contributed by atoms with Gasteiger partial charge in [0.05, 0.1) is 0 Å². The fourth-order valence-corrected chi connectivity index (χ4v) is 3.21. The molecule has 1 atom stereocenters. The fraction of sp³-hybridized carbons (Fsp3) is 0.533. The van der Waals surface area contributed by atoms with Gasteiger partial charge < -0.3 is 10.2 Å². The highest BCUT2D eigenvalue weighted by Gasteiger charge is 2.41. The Labute approximate surface area is 112 Å². The van der Waals surface area contributed by atoms with Crippen molar-refractivity contribution in [1.82, 2.24) is 10.2 Å². The summed E-state index contributed by atoms with van der Waals surface area (Å²) < 4.78 is 13.2. The van der Waals surface area contributed by atoms with Gasteiger partial charge in [-0.05, 0) is 50.1 Å². The number of aryl methyl sites for hydroxylation is 1. The SMILES string of the molecule is Cc1cc(C(=O)N2CCC3(CCNC3)C2)ccc1F. The predicted octanol–water partition coefficient (Wildman–Crippen LogP) is 1.96.